The van der Waals surface area contributed by atoms with Crippen molar-refractivity contribution in [3.05, 3.63) is 53.6 Å². The molecule has 1 saturated carbocycles. The third-order valence-electron chi connectivity index (χ3n) is 6.18. The zero-order valence-electron chi connectivity index (χ0n) is 15.8. The van der Waals surface area contributed by atoms with E-state index in [2.05, 4.69) is 15.0 Å². The Balaban J connectivity index is 1.38. The van der Waals surface area contributed by atoms with E-state index in [1.807, 2.05) is 19.1 Å². The fourth-order valence-electron chi connectivity index (χ4n) is 4.98. The van der Waals surface area contributed by atoms with Gasteiger partial charge in [0.05, 0.1) is 18.1 Å². The molecule has 3 fully saturated rings. The lowest BCUT2D eigenvalue weighted by Gasteiger charge is -2.27. The first kappa shape index (κ1) is 19.3. The maximum absolute atomic E-state index is 14.0. The van der Waals surface area contributed by atoms with Gasteiger partial charge in [0.2, 0.25) is 5.91 Å². The first-order chi connectivity index (χ1) is 14.2. The number of ether oxygens (including phenoxy) is 2. The van der Waals surface area contributed by atoms with Crippen LogP contribution in [-0.4, -0.2) is 29.5 Å². The van der Waals surface area contributed by atoms with E-state index in [1.165, 1.54) is 6.07 Å². The molecule has 5 nitrogen and oxygen atoms in total. The number of aromatic nitrogens is 1. The van der Waals surface area contributed by atoms with Crippen molar-refractivity contribution in [1.29, 1.82) is 0 Å². The van der Waals surface area contributed by atoms with E-state index < -0.39 is 23.8 Å². The number of rotatable bonds is 4. The number of aryl methyl sites for hydroxylation is 1. The Morgan fingerprint density at radius 3 is 2.67 bits per heavy atom. The predicted octanol–water partition coefficient (Wildman–Crippen LogP) is 4.18. The number of nitrogens with zero attached hydrogens (tertiary/aromatic N) is 1. The Morgan fingerprint density at radius 1 is 1.20 bits per heavy atom. The summed E-state index contributed by atoms with van der Waals surface area (Å²) in [6, 6.07) is 6.66. The maximum atomic E-state index is 14.0. The number of hydrogen-bond donors (Lipinski definition) is 1. The van der Waals surface area contributed by atoms with Crippen LogP contribution in [0.1, 0.15) is 23.6 Å². The first-order valence-electron chi connectivity index (χ1n) is 9.65. The molecule has 2 aliphatic heterocycles. The molecule has 3 heterocycles. The fraction of sp³-hybridized carbons (Fsp3) is 0.429. The van der Waals surface area contributed by atoms with Gasteiger partial charge in [-0.15, -0.1) is 13.2 Å². The average molecular weight is 422 g/mol. The molecular formula is C21H18F4N2O3. The summed E-state index contributed by atoms with van der Waals surface area (Å²) in [5, 5.41) is 2.64. The second-order valence-electron chi connectivity index (χ2n) is 8.09. The van der Waals surface area contributed by atoms with E-state index in [0.717, 1.165) is 29.8 Å². The minimum Gasteiger partial charge on any atom is -0.403 e. The van der Waals surface area contributed by atoms with Crippen LogP contribution >= 0.6 is 0 Å². The number of nitrogens with one attached hydrogen (secondary N) is 1. The van der Waals surface area contributed by atoms with E-state index in [1.54, 1.807) is 6.20 Å². The predicted molar refractivity (Wildman–Crippen MR) is 97.2 cm³/mol. The Bertz CT molecular complexity index is 1010. The van der Waals surface area contributed by atoms with Crippen molar-refractivity contribution in [3.8, 4) is 5.75 Å². The Kier molecular flexibility index (Phi) is 4.29. The molecule has 6 atom stereocenters. The third-order valence-corrected chi connectivity index (χ3v) is 6.18. The molecule has 1 aliphatic carbocycles. The molecule has 158 valence electrons. The summed E-state index contributed by atoms with van der Waals surface area (Å²) < 4.78 is 60.7. The average Bonchev–Trinajstić information content (AvgIpc) is 3.27. The van der Waals surface area contributed by atoms with Crippen molar-refractivity contribution < 1.29 is 31.8 Å². The molecule has 0 spiro atoms. The number of hydrogen-bond acceptors (Lipinski definition) is 4. The van der Waals surface area contributed by atoms with E-state index in [0.29, 0.717) is 11.8 Å². The number of pyridine rings is 1. The second-order valence-corrected chi connectivity index (χ2v) is 8.09. The van der Waals surface area contributed by atoms with Crippen molar-refractivity contribution in [1.82, 2.24) is 4.98 Å². The highest BCUT2D eigenvalue weighted by molar-refractivity contribution is 5.94. The Morgan fingerprint density at radius 2 is 1.97 bits per heavy atom. The van der Waals surface area contributed by atoms with Gasteiger partial charge >= 0.3 is 6.36 Å². The summed E-state index contributed by atoms with van der Waals surface area (Å²) in [7, 11) is 0. The molecule has 1 N–H and O–H groups in total. The van der Waals surface area contributed by atoms with Gasteiger partial charge in [-0.1, -0.05) is 0 Å². The zero-order valence-corrected chi connectivity index (χ0v) is 15.8. The molecule has 9 heteroatoms. The van der Waals surface area contributed by atoms with E-state index in [-0.39, 0.29) is 29.7 Å². The standard InChI is InChI=1S/C21H18F4N2O3/c1-9-6-10(4-5-26-9)16-17(19-13-8-12(13)18(16)29-19)20(28)27-11-2-3-15(14(22)7-11)30-21(23,24)25/h2-7,12-13,16-19H,8H2,1H3,(H,27,28). The molecule has 1 amide bonds. The molecule has 2 bridgehead atoms. The normalized spacial score (nSPS) is 31.4. The molecule has 0 radical (unpaired) electrons. The summed E-state index contributed by atoms with van der Waals surface area (Å²) in [4.78, 5) is 17.3. The lowest BCUT2D eigenvalue weighted by atomic mass is 9.75. The molecule has 6 unspecified atom stereocenters. The molecular weight excluding hydrogens is 404 g/mol. The van der Waals surface area contributed by atoms with Gasteiger partial charge in [-0.2, -0.15) is 0 Å². The number of carbonyl (C=O) groups excluding carboxylic acids is 1. The number of alkyl halides is 3. The second kappa shape index (κ2) is 6.66. The Labute approximate surface area is 169 Å². The van der Waals surface area contributed by atoms with Crippen LogP contribution in [0.3, 0.4) is 0 Å². The molecule has 2 saturated heterocycles. The van der Waals surface area contributed by atoms with Crippen molar-refractivity contribution in [2.24, 2.45) is 17.8 Å². The lowest BCUT2D eigenvalue weighted by Crippen LogP contribution is -2.37. The summed E-state index contributed by atoms with van der Waals surface area (Å²) >= 11 is 0. The monoisotopic (exact) mass is 422 g/mol. The molecule has 1 aromatic carbocycles. The highest BCUT2D eigenvalue weighted by Gasteiger charge is 2.68. The van der Waals surface area contributed by atoms with E-state index in [9.17, 15) is 22.4 Å². The van der Waals surface area contributed by atoms with Crippen molar-refractivity contribution in [2.45, 2.75) is 37.8 Å². The minimum absolute atomic E-state index is 0.0446. The smallest absolute Gasteiger partial charge is 0.403 e. The van der Waals surface area contributed by atoms with Crippen molar-refractivity contribution in [3.63, 3.8) is 0 Å². The van der Waals surface area contributed by atoms with Gasteiger partial charge in [0.25, 0.3) is 0 Å². The van der Waals surface area contributed by atoms with Gasteiger partial charge in [-0.25, -0.2) is 4.39 Å². The van der Waals surface area contributed by atoms with Crippen LogP contribution < -0.4 is 10.1 Å². The highest BCUT2D eigenvalue weighted by Crippen LogP contribution is 2.65. The van der Waals surface area contributed by atoms with Gasteiger partial charge in [0, 0.05) is 29.6 Å². The summed E-state index contributed by atoms with van der Waals surface area (Å²) in [6.07, 6.45) is -2.53. The van der Waals surface area contributed by atoms with Crippen LogP contribution in [0.5, 0.6) is 5.75 Å². The fourth-order valence-corrected chi connectivity index (χ4v) is 4.98. The number of benzene rings is 1. The number of carbonyl (C=O) groups is 1. The quantitative estimate of drug-likeness (QED) is 0.751. The lowest BCUT2D eigenvalue weighted by molar-refractivity contribution is -0.275. The highest BCUT2D eigenvalue weighted by atomic mass is 19.4. The topological polar surface area (TPSA) is 60.5 Å². The van der Waals surface area contributed by atoms with Crippen LogP contribution in [0.2, 0.25) is 0 Å². The SMILES string of the molecule is Cc1cc(C2C3OC(C4CC43)C2C(=O)Nc2ccc(OC(F)(F)F)c(F)c2)ccn1. The zero-order chi connectivity index (χ0) is 21.2. The van der Waals surface area contributed by atoms with Gasteiger partial charge in [0.1, 0.15) is 0 Å². The molecule has 30 heavy (non-hydrogen) atoms. The van der Waals surface area contributed by atoms with E-state index >= 15 is 0 Å². The number of amides is 1. The van der Waals surface area contributed by atoms with Crippen LogP contribution in [-0.2, 0) is 9.53 Å². The van der Waals surface area contributed by atoms with Crippen LogP contribution in [0.4, 0.5) is 23.2 Å². The van der Waals surface area contributed by atoms with Gasteiger partial charge < -0.3 is 14.8 Å². The van der Waals surface area contributed by atoms with Gasteiger partial charge in [-0.05, 0) is 55.0 Å². The van der Waals surface area contributed by atoms with Crippen LogP contribution in [0.15, 0.2) is 36.5 Å². The Hall–Kier alpha value is -2.68. The van der Waals surface area contributed by atoms with Crippen molar-refractivity contribution >= 4 is 11.6 Å². The van der Waals surface area contributed by atoms with E-state index in [4.69, 9.17) is 4.74 Å². The maximum Gasteiger partial charge on any atom is 0.573 e. The van der Waals surface area contributed by atoms with Crippen LogP contribution in [0, 0.1) is 30.5 Å². The summed E-state index contributed by atoms with van der Waals surface area (Å²) in [6.45, 7) is 1.87. The number of halogens is 4. The number of anilines is 1. The first-order valence-corrected chi connectivity index (χ1v) is 9.65. The van der Waals surface area contributed by atoms with Crippen molar-refractivity contribution in [2.75, 3.05) is 5.32 Å². The van der Waals surface area contributed by atoms with Crippen LogP contribution in [0.25, 0.3) is 0 Å². The minimum atomic E-state index is -5.00. The molecule has 1 aromatic heterocycles. The number of fused-ring (bicyclic) bond motifs is 5. The summed E-state index contributed by atoms with van der Waals surface area (Å²) in [5.41, 5.74) is 1.87. The molecule has 5 rings (SSSR count). The van der Waals surface area contributed by atoms with Gasteiger partial charge in [0.15, 0.2) is 11.6 Å². The third kappa shape index (κ3) is 3.30. The largest absolute Gasteiger partial charge is 0.573 e. The van der Waals surface area contributed by atoms with Gasteiger partial charge in [-0.3, -0.25) is 9.78 Å². The molecule has 3 aliphatic rings. The molecule has 2 aromatic rings. The summed E-state index contributed by atoms with van der Waals surface area (Å²) in [5.74, 6) is -2.30.